The minimum atomic E-state index is 0.691. The SMILES string of the molecule is CCn1ccnc1N1CC2CCCNC2C1. The van der Waals surface area contributed by atoms with Crippen molar-refractivity contribution in [1.82, 2.24) is 14.9 Å². The van der Waals surface area contributed by atoms with E-state index in [1.165, 1.54) is 25.9 Å². The molecule has 4 heteroatoms. The van der Waals surface area contributed by atoms with Gasteiger partial charge in [0.2, 0.25) is 5.95 Å². The molecular weight excluding hydrogens is 200 g/mol. The lowest BCUT2D eigenvalue weighted by molar-refractivity contribution is 0.340. The standard InChI is InChI=1S/C12H20N4/c1-2-15-7-6-14-12(15)16-8-10-4-3-5-13-11(10)9-16/h6-7,10-11,13H,2-5,8-9H2,1H3. The molecule has 0 aliphatic carbocycles. The second-order valence-electron chi connectivity index (χ2n) is 4.88. The van der Waals surface area contributed by atoms with Gasteiger partial charge in [-0.1, -0.05) is 0 Å². The molecule has 0 amide bonds. The number of nitrogens with zero attached hydrogens (tertiary/aromatic N) is 3. The lowest BCUT2D eigenvalue weighted by Crippen LogP contribution is -2.40. The van der Waals surface area contributed by atoms with Crippen LogP contribution in [0.15, 0.2) is 12.4 Å². The molecule has 1 N–H and O–H groups in total. The summed E-state index contributed by atoms with van der Waals surface area (Å²) in [6, 6.07) is 0.691. The van der Waals surface area contributed by atoms with Gasteiger partial charge in [0.25, 0.3) is 0 Å². The van der Waals surface area contributed by atoms with E-state index in [1.807, 2.05) is 6.20 Å². The normalized spacial score (nSPS) is 29.4. The van der Waals surface area contributed by atoms with Gasteiger partial charge in [0.15, 0.2) is 0 Å². The molecule has 4 nitrogen and oxygen atoms in total. The van der Waals surface area contributed by atoms with Gasteiger partial charge in [-0.05, 0) is 32.2 Å². The van der Waals surface area contributed by atoms with Gasteiger partial charge in [-0.25, -0.2) is 4.98 Å². The number of piperidine rings is 1. The number of hydrogen-bond donors (Lipinski definition) is 1. The summed E-state index contributed by atoms with van der Waals surface area (Å²) in [6.07, 6.45) is 6.69. The Morgan fingerprint density at radius 2 is 2.44 bits per heavy atom. The highest BCUT2D eigenvalue weighted by Gasteiger charge is 2.35. The van der Waals surface area contributed by atoms with Crippen LogP contribution >= 0.6 is 0 Å². The molecule has 1 aromatic rings. The van der Waals surface area contributed by atoms with Crippen LogP contribution in [-0.4, -0.2) is 35.2 Å². The molecule has 0 aromatic carbocycles. The Balaban J connectivity index is 1.77. The van der Waals surface area contributed by atoms with E-state index < -0.39 is 0 Å². The van der Waals surface area contributed by atoms with Crippen molar-refractivity contribution in [1.29, 1.82) is 0 Å². The van der Waals surface area contributed by atoms with E-state index in [-0.39, 0.29) is 0 Å². The van der Waals surface area contributed by atoms with E-state index >= 15 is 0 Å². The first-order chi connectivity index (χ1) is 7.88. The fraction of sp³-hybridized carbons (Fsp3) is 0.750. The van der Waals surface area contributed by atoms with Gasteiger partial charge in [-0.2, -0.15) is 0 Å². The van der Waals surface area contributed by atoms with Crippen LogP contribution in [0.5, 0.6) is 0 Å². The number of rotatable bonds is 2. The van der Waals surface area contributed by atoms with Gasteiger partial charge in [-0.15, -0.1) is 0 Å². The number of aryl methyl sites for hydroxylation is 1. The minimum absolute atomic E-state index is 0.691. The van der Waals surface area contributed by atoms with Crippen LogP contribution in [0, 0.1) is 5.92 Å². The molecule has 2 saturated heterocycles. The smallest absolute Gasteiger partial charge is 0.205 e. The molecule has 0 spiro atoms. The molecule has 0 saturated carbocycles. The van der Waals surface area contributed by atoms with Crippen LogP contribution in [0.3, 0.4) is 0 Å². The zero-order valence-corrected chi connectivity index (χ0v) is 9.89. The number of fused-ring (bicyclic) bond motifs is 1. The zero-order chi connectivity index (χ0) is 11.0. The average Bonchev–Trinajstić information content (AvgIpc) is 2.94. The zero-order valence-electron chi connectivity index (χ0n) is 9.89. The topological polar surface area (TPSA) is 33.1 Å². The van der Waals surface area contributed by atoms with Crippen LogP contribution in [0.4, 0.5) is 5.95 Å². The van der Waals surface area contributed by atoms with Crippen LogP contribution < -0.4 is 10.2 Å². The third-order valence-electron chi connectivity index (χ3n) is 3.92. The molecule has 2 fully saturated rings. The van der Waals surface area contributed by atoms with Gasteiger partial charge in [0, 0.05) is 38.1 Å². The van der Waals surface area contributed by atoms with E-state index in [0.717, 1.165) is 25.0 Å². The van der Waals surface area contributed by atoms with Gasteiger partial charge in [0.1, 0.15) is 0 Å². The van der Waals surface area contributed by atoms with Crippen molar-refractivity contribution in [3.63, 3.8) is 0 Å². The summed E-state index contributed by atoms with van der Waals surface area (Å²) in [7, 11) is 0. The number of aromatic nitrogens is 2. The number of nitrogens with one attached hydrogen (secondary N) is 1. The monoisotopic (exact) mass is 220 g/mol. The Labute approximate surface area is 96.7 Å². The maximum Gasteiger partial charge on any atom is 0.205 e. The van der Waals surface area contributed by atoms with E-state index in [0.29, 0.717) is 6.04 Å². The van der Waals surface area contributed by atoms with Gasteiger partial charge in [0.05, 0.1) is 0 Å². The summed E-state index contributed by atoms with van der Waals surface area (Å²) in [5, 5.41) is 3.63. The predicted octanol–water partition coefficient (Wildman–Crippen LogP) is 1.09. The first-order valence-electron chi connectivity index (χ1n) is 6.38. The molecule has 2 atom stereocenters. The quantitative estimate of drug-likeness (QED) is 0.810. The van der Waals surface area contributed by atoms with E-state index in [4.69, 9.17) is 0 Å². The molecule has 3 heterocycles. The second-order valence-corrected chi connectivity index (χ2v) is 4.88. The first kappa shape index (κ1) is 10.1. The highest BCUT2D eigenvalue weighted by Crippen LogP contribution is 2.28. The molecule has 0 radical (unpaired) electrons. The van der Waals surface area contributed by atoms with Gasteiger partial charge in [-0.3, -0.25) is 0 Å². The van der Waals surface area contributed by atoms with E-state index in [1.54, 1.807) is 0 Å². The molecule has 3 rings (SSSR count). The van der Waals surface area contributed by atoms with Crippen molar-refractivity contribution in [3.8, 4) is 0 Å². The summed E-state index contributed by atoms with van der Waals surface area (Å²) >= 11 is 0. The van der Waals surface area contributed by atoms with Gasteiger partial charge >= 0.3 is 0 Å². The number of hydrogen-bond acceptors (Lipinski definition) is 3. The van der Waals surface area contributed by atoms with Crippen molar-refractivity contribution >= 4 is 5.95 Å². The van der Waals surface area contributed by atoms with Crippen LogP contribution in [0.25, 0.3) is 0 Å². The van der Waals surface area contributed by atoms with Gasteiger partial charge < -0.3 is 14.8 Å². The Hall–Kier alpha value is -1.03. The molecular formula is C12H20N4. The second kappa shape index (κ2) is 4.09. The highest BCUT2D eigenvalue weighted by atomic mass is 15.3. The largest absolute Gasteiger partial charge is 0.340 e. The molecule has 88 valence electrons. The molecule has 2 aliphatic heterocycles. The highest BCUT2D eigenvalue weighted by molar-refractivity contribution is 5.34. The number of imidazole rings is 1. The molecule has 2 unspecified atom stereocenters. The lowest BCUT2D eigenvalue weighted by atomic mass is 9.94. The fourth-order valence-electron chi connectivity index (χ4n) is 3.04. The minimum Gasteiger partial charge on any atom is -0.340 e. The van der Waals surface area contributed by atoms with Crippen molar-refractivity contribution < 1.29 is 0 Å². The summed E-state index contributed by atoms with van der Waals surface area (Å²) in [5.41, 5.74) is 0. The van der Waals surface area contributed by atoms with E-state index in [9.17, 15) is 0 Å². The van der Waals surface area contributed by atoms with Crippen molar-refractivity contribution in [2.75, 3.05) is 24.5 Å². The van der Waals surface area contributed by atoms with Crippen LogP contribution in [0.2, 0.25) is 0 Å². The Kier molecular flexibility index (Phi) is 2.59. The van der Waals surface area contributed by atoms with Crippen molar-refractivity contribution in [3.05, 3.63) is 12.4 Å². The Morgan fingerprint density at radius 3 is 3.25 bits per heavy atom. The van der Waals surface area contributed by atoms with Crippen LogP contribution in [0.1, 0.15) is 19.8 Å². The third-order valence-corrected chi connectivity index (χ3v) is 3.92. The predicted molar refractivity (Wildman–Crippen MR) is 64.6 cm³/mol. The average molecular weight is 220 g/mol. The molecule has 1 aromatic heterocycles. The van der Waals surface area contributed by atoms with Crippen LogP contribution in [-0.2, 0) is 6.54 Å². The maximum atomic E-state index is 4.49. The van der Waals surface area contributed by atoms with E-state index in [2.05, 4.69) is 32.9 Å². The molecule has 2 aliphatic rings. The third kappa shape index (κ3) is 1.61. The summed E-state index contributed by atoms with van der Waals surface area (Å²) in [4.78, 5) is 6.93. The summed E-state index contributed by atoms with van der Waals surface area (Å²) in [5.74, 6) is 1.98. The molecule has 0 bridgehead atoms. The first-order valence-corrected chi connectivity index (χ1v) is 6.38. The fourth-order valence-corrected chi connectivity index (χ4v) is 3.04. The van der Waals surface area contributed by atoms with Crippen molar-refractivity contribution in [2.24, 2.45) is 5.92 Å². The molecule has 16 heavy (non-hydrogen) atoms. The summed E-state index contributed by atoms with van der Waals surface area (Å²) in [6.45, 7) is 6.68. The Bertz CT molecular complexity index is 346. The van der Waals surface area contributed by atoms with Crippen molar-refractivity contribution in [2.45, 2.75) is 32.4 Å². The Morgan fingerprint density at radius 1 is 1.50 bits per heavy atom. The lowest BCUT2D eigenvalue weighted by Gasteiger charge is -2.24. The summed E-state index contributed by atoms with van der Waals surface area (Å²) < 4.78 is 2.23. The number of anilines is 1. The maximum absolute atomic E-state index is 4.49.